The maximum atomic E-state index is 5.96. The lowest BCUT2D eigenvalue weighted by Gasteiger charge is -2.11. The quantitative estimate of drug-likeness (QED) is 0.929. The predicted molar refractivity (Wildman–Crippen MR) is 84.3 cm³/mol. The number of nitrogens with zero attached hydrogens (tertiary/aromatic N) is 2. The SMILES string of the molecule is Cc1nn(C)c(C)c1Oc1ccc(CC(C)N)c(Br)c1. The van der Waals surface area contributed by atoms with E-state index in [9.17, 15) is 0 Å². The van der Waals surface area contributed by atoms with Crippen molar-refractivity contribution in [3.8, 4) is 11.5 Å². The van der Waals surface area contributed by atoms with E-state index in [1.807, 2.05) is 50.7 Å². The van der Waals surface area contributed by atoms with Crippen molar-refractivity contribution in [1.82, 2.24) is 9.78 Å². The number of aromatic nitrogens is 2. The Balaban J connectivity index is 2.24. The van der Waals surface area contributed by atoms with E-state index in [-0.39, 0.29) is 6.04 Å². The van der Waals surface area contributed by atoms with Crippen molar-refractivity contribution in [1.29, 1.82) is 0 Å². The Morgan fingerprint density at radius 2 is 2.10 bits per heavy atom. The molecule has 5 heteroatoms. The van der Waals surface area contributed by atoms with Crippen molar-refractivity contribution in [2.75, 3.05) is 0 Å². The van der Waals surface area contributed by atoms with Gasteiger partial charge in [-0.25, -0.2) is 0 Å². The summed E-state index contributed by atoms with van der Waals surface area (Å²) in [6, 6.07) is 6.13. The van der Waals surface area contributed by atoms with Crippen LogP contribution in [-0.2, 0) is 13.5 Å². The fourth-order valence-corrected chi connectivity index (χ4v) is 2.64. The third kappa shape index (κ3) is 3.22. The molecule has 1 heterocycles. The summed E-state index contributed by atoms with van der Waals surface area (Å²) in [4.78, 5) is 0. The summed E-state index contributed by atoms with van der Waals surface area (Å²) in [6.45, 7) is 5.94. The van der Waals surface area contributed by atoms with E-state index < -0.39 is 0 Å². The van der Waals surface area contributed by atoms with Crippen LogP contribution in [0.2, 0.25) is 0 Å². The molecule has 108 valence electrons. The lowest BCUT2D eigenvalue weighted by molar-refractivity contribution is 0.473. The molecule has 0 aliphatic heterocycles. The second kappa shape index (κ2) is 5.97. The van der Waals surface area contributed by atoms with Crippen LogP contribution in [-0.4, -0.2) is 15.8 Å². The molecule has 2 N–H and O–H groups in total. The van der Waals surface area contributed by atoms with Gasteiger partial charge in [-0.3, -0.25) is 4.68 Å². The number of aryl methyl sites for hydroxylation is 2. The molecule has 0 bridgehead atoms. The second-order valence-corrected chi connectivity index (χ2v) is 6.01. The Morgan fingerprint density at radius 3 is 2.60 bits per heavy atom. The minimum absolute atomic E-state index is 0.140. The molecular weight excluding hydrogens is 318 g/mol. The Hall–Kier alpha value is -1.33. The molecule has 0 radical (unpaired) electrons. The predicted octanol–water partition coefficient (Wildman–Crippen LogP) is 3.48. The molecule has 1 aromatic carbocycles. The summed E-state index contributed by atoms with van der Waals surface area (Å²) < 4.78 is 8.80. The zero-order valence-electron chi connectivity index (χ0n) is 12.3. The summed E-state index contributed by atoms with van der Waals surface area (Å²) in [5.41, 5.74) is 8.92. The molecule has 20 heavy (non-hydrogen) atoms. The first-order chi connectivity index (χ1) is 9.38. The maximum Gasteiger partial charge on any atom is 0.171 e. The normalized spacial score (nSPS) is 12.5. The first-order valence-corrected chi connectivity index (χ1v) is 7.40. The monoisotopic (exact) mass is 337 g/mol. The molecule has 1 aromatic heterocycles. The van der Waals surface area contributed by atoms with Crippen molar-refractivity contribution < 1.29 is 4.74 Å². The first kappa shape index (κ1) is 15.1. The molecule has 1 atom stereocenters. The topological polar surface area (TPSA) is 53.1 Å². The molecule has 0 spiro atoms. The largest absolute Gasteiger partial charge is 0.453 e. The zero-order chi connectivity index (χ0) is 14.9. The molecule has 2 aromatic rings. The van der Waals surface area contributed by atoms with Crippen LogP contribution in [0.25, 0.3) is 0 Å². The van der Waals surface area contributed by atoms with Gasteiger partial charge in [0.1, 0.15) is 11.4 Å². The number of halogens is 1. The van der Waals surface area contributed by atoms with Gasteiger partial charge in [-0.2, -0.15) is 5.10 Å². The van der Waals surface area contributed by atoms with Crippen molar-refractivity contribution in [3.05, 3.63) is 39.6 Å². The molecule has 2 rings (SSSR count). The van der Waals surface area contributed by atoms with Crippen molar-refractivity contribution in [2.45, 2.75) is 33.2 Å². The zero-order valence-corrected chi connectivity index (χ0v) is 13.9. The highest BCUT2D eigenvalue weighted by Crippen LogP contribution is 2.31. The van der Waals surface area contributed by atoms with Gasteiger partial charge >= 0.3 is 0 Å². The van der Waals surface area contributed by atoms with Crippen LogP contribution in [0.1, 0.15) is 23.9 Å². The highest BCUT2D eigenvalue weighted by Gasteiger charge is 2.12. The van der Waals surface area contributed by atoms with E-state index in [2.05, 4.69) is 21.0 Å². The van der Waals surface area contributed by atoms with Gasteiger partial charge in [-0.05, 0) is 44.9 Å². The van der Waals surface area contributed by atoms with Crippen LogP contribution < -0.4 is 10.5 Å². The van der Waals surface area contributed by atoms with Crippen LogP contribution in [0.3, 0.4) is 0 Å². The van der Waals surface area contributed by atoms with Crippen LogP contribution in [0.15, 0.2) is 22.7 Å². The summed E-state index contributed by atoms with van der Waals surface area (Å²) in [5.74, 6) is 1.61. The van der Waals surface area contributed by atoms with E-state index >= 15 is 0 Å². The molecule has 4 nitrogen and oxygen atoms in total. The number of ether oxygens (including phenoxy) is 1. The summed E-state index contributed by atoms with van der Waals surface area (Å²) in [5, 5.41) is 4.35. The number of rotatable bonds is 4. The summed E-state index contributed by atoms with van der Waals surface area (Å²) >= 11 is 3.57. The second-order valence-electron chi connectivity index (χ2n) is 5.16. The number of nitrogens with two attached hydrogens (primary N) is 1. The molecule has 1 unspecified atom stereocenters. The van der Waals surface area contributed by atoms with E-state index in [4.69, 9.17) is 10.5 Å². The Labute approximate surface area is 128 Å². The van der Waals surface area contributed by atoms with Crippen molar-refractivity contribution in [2.24, 2.45) is 12.8 Å². The van der Waals surface area contributed by atoms with Crippen molar-refractivity contribution >= 4 is 15.9 Å². The van der Waals surface area contributed by atoms with Gasteiger partial charge in [0.2, 0.25) is 0 Å². The molecule has 0 aliphatic rings. The summed E-state index contributed by atoms with van der Waals surface area (Å²) in [6.07, 6.45) is 0.839. The van der Waals surface area contributed by atoms with Gasteiger partial charge in [0.05, 0.1) is 5.69 Å². The Kier molecular flexibility index (Phi) is 4.50. The third-order valence-corrected chi connectivity index (χ3v) is 3.97. The Morgan fingerprint density at radius 1 is 1.40 bits per heavy atom. The van der Waals surface area contributed by atoms with Gasteiger partial charge < -0.3 is 10.5 Å². The molecule has 0 saturated carbocycles. The van der Waals surface area contributed by atoms with Gasteiger partial charge in [-0.1, -0.05) is 22.0 Å². The maximum absolute atomic E-state index is 5.96. The van der Waals surface area contributed by atoms with E-state index in [1.54, 1.807) is 0 Å². The highest BCUT2D eigenvalue weighted by molar-refractivity contribution is 9.10. The van der Waals surface area contributed by atoms with Crippen LogP contribution in [0.4, 0.5) is 0 Å². The lowest BCUT2D eigenvalue weighted by atomic mass is 10.1. The number of hydrogen-bond acceptors (Lipinski definition) is 3. The van der Waals surface area contributed by atoms with E-state index in [1.165, 1.54) is 5.56 Å². The van der Waals surface area contributed by atoms with Gasteiger partial charge in [0.15, 0.2) is 5.75 Å². The highest BCUT2D eigenvalue weighted by atomic mass is 79.9. The third-order valence-electron chi connectivity index (χ3n) is 3.23. The smallest absolute Gasteiger partial charge is 0.171 e. The Bertz CT molecular complexity index is 620. The van der Waals surface area contributed by atoms with Gasteiger partial charge in [0, 0.05) is 17.6 Å². The summed E-state index contributed by atoms with van der Waals surface area (Å²) in [7, 11) is 1.91. The minimum Gasteiger partial charge on any atom is -0.453 e. The van der Waals surface area contributed by atoms with Crippen molar-refractivity contribution in [3.63, 3.8) is 0 Å². The molecular formula is C15H20BrN3O. The fraction of sp³-hybridized carbons (Fsp3) is 0.400. The van der Waals surface area contributed by atoms with Crippen LogP contribution >= 0.6 is 15.9 Å². The van der Waals surface area contributed by atoms with Gasteiger partial charge in [0.25, 0.3) is 0 Å². The van der Waals surface area contributed by atoms with Crippen LogP contribution in [0.5, 0.6) is 11.5 Å². The minimum atomic E-state index is 0.140. The average molecular weight is 338 g/mol. The van der Waals surface area contributed by atoms with Gasteiger partial charge in [-0.15, -0.1) is 0 Å². The van der Waals surface area contributed by atoms with E-state index in [0.29, 0.717) is 0 Å². The average Bonchev–Trinajstić information content (AvgIpc) is 2.59. The number of benzene rings is 1. The number of hydrogen-bond donors (Lipinski definition) is 1. The molecule has 0 amide bonds. The lowest BCUT2D eigenvalue weighted by Crippen LogP contribution is -2.17. The molecule has 0 aliphatic carbocycles. The molecule has 0 fully saturated rings. The van der Waals surface area contributed by atoms with Crippen LogP contribution in [0, 0.1) is 13.8 Å². The molecule has 0 saturated heterocycles. The van der Waals surface area contributed by atoms with E-state index in [0.717, 1.165) is 33.8 Å². The standard InChI is InChI=1S/C15H20BrN3O/c1-9(17)7-12-5-6-13(8-14(12)16)20-15-10(2)18-19(4)11(15)3/h5-6,8-9H,7,17H2,1-4H3. The first-order valence-electron chi connectivity index (χ1n) is 6.60. The fourth-order valence-electron chi connectivity index (χ4n) is 2.12.